The number of fused-ring (bicyclic) bond motifs is 1. The van der Waals surface area contributed by atoms with Crippen molar-refractivity contribution in [3.05, 3.63) is 18.5 Å². The zero-order valence-electron chi connectivity index (χ0n) is 11.6. The van der Waals surface area contributed by atoms with Gasteiger partial charge in [-0.3, -0.25) is 0 Å². The van der Waals surface area contributed by atoms with Crippen LogP contribution in [0.4, 0.5) is 5.69 Å². The maximum absolute atomic E-state index is 4.55. The van der Waals surface area contributed by atoms with Crippen molar-refractivity contribution >= 4 is 28.5 Å². The van der Waals surface area contributed by atoms with Crippen molar-refractivity contribution in [2.75, 3.05) is 11.1 Å². The molecule has 2 unspecified atom stereocenters. The quantitative estimate of drug-likeness (QED) is 0.934. The van der Waals surface area contributed by atoms with Gasteiger partial charge in [0.1, 0.15) is 0 Å². The summed E-state index contributed by atoms with van der Waals surface area (Å²) in [5, 5.41) is 9.85. The molecule has 1 aliphatic rings. The van der Waals surface area contributed by atoms with E-state index in [4.69, 9.17) is 0 Å². The number of rotatable bonds is 3. The molecule has 0 amide bonds. The van der Waals surface area contributed by atoms with Crippen LogP contribution in [0.1, 0.15) is 33.2 Å². The van der Waals surface area contributed by atoms with E-state index < -0.39 is 0 Å². The fraction of sp³-hybridized carbons (Fsp3) is 0.571. The molecule has 2 aromatic heterocycles. The van der Waals surface area contributed by atoms with Gasteiger partial charge in [0.15, 0.2) is 5.65 Å². The molecule has 2 atom stereocenters. The number of aromatic nitrogens is 3. The highest BCUT2D eigenvalue weighted by molar-refractivity contribution is 8.00. The minimum atomic E-state index is 0.343. The summed E-state index contributed by atoms with van der Waals surface area (Å²) in [6, 6.07) is 3.07. The predicted octanol–water partition coefficient (Wildman–Crippen LogP) is 3.32. The van der Waals surface area contributed by atoms with Crippen molar-refractivity contribution < 1.29 is 0 Å². The van der Waals surface area contributed by atoms with Crippen molar-refractivity contribution in [1.29, 1.82) is 0 Å². The van der Waals surface area contributed by atoms with Crippen molar-refractivity contribution in [1.82, 2.24) is 14.8 Å². The average molecular weight is 276 g/mol. The SMILES string of the molecule is CC1CC(Nc2cnc3c(cnn3C(C)C)c2)CS1. The van der Waals surface area contributed by atoms with Gasteiger partial charge < -0.3 is 5.32 Å². The van der Waals surface area contributed by atoms with E-state index in [0.29, 0.717) is 12.1 Å². The molecule has 0 saturated carbocycles. The number of pyridine rings is 1. The maximum atomic E-state index is 4.55. The van der Waals surface area contributed by atoms with Crippen molar-refractivity contribution in [2.45, 2.75) is 44.5 Å². The van der Waals surface area contributed by atoms with Gasteiger partial charge in [-0.1, -0.05) is 6.92 Å². The van der Waals surface area contributed by atoms with E-state index in [1.165, 1.54) is 12.2 Å². The van der Waals surface area contributed by atoms with Crippen molar-refractivity contribution in [2.24, 2.45) is 0 Å². The molecular weight excluding hydrogens is 256 g/mol. The highest BCUT2D eigenvalue weighted by atomic mass is 32.2. The molecule has 0 bridgehead atoms. The minimum absolute atomic E-state index is 0.343. The summed E-state index contributed by atoms with van der Waals surface area (Å²) in [6.45, 7) is 6.54. The molecule has 0 spiro atoms. The lowest BCUT2D eigenvalue weighted by atomic mass is 10.2. The first-order chi connectivity index (χ1) is 9.13. The third kappa shape index (κ3) is 2.56. The molecule has 3 heterocycles. The third-order valence-corrected chi connectivity index (χ3v) is 4.85. The van der Waals surface area contributed by atoms with Gasteiger partial charge in [0.2, 0.25) is 0 Å². The van der Waals surface area contributed by atoms with Gasteiger partial charge >= 0.3 is 0 Å². The lowest BCUT2D eigenvalue weighted by Gasteiger charge is -2.13. The second-order valence-electron chi connectivity index (χ2n) is 5.54. The fourth-order valence-electron chi connectivity index (χ4n) is 2.55. The van der Waals surface area contributed by atoms with Crippen LogP contribution >= 0.6 is 11.8 Å². The zero-order valence-corrected chi connectivity index (χ0v) is 12.4. The second kappa shape index (κ2) is 5.04. The molecule has 0 radical (unpaired) electrons. The Kier molecular flexibility index (Phi) is 3.39. The number of thioether (sulfide) groups is 1. The summed E-state index contributed by atoms with van der Waals surface area (Å²) >= 11 is 2.04. The number of nitrogens with one attached hydrogen (secondary N) is 1. The third-order valence-electron chi connectivity index (χ3n) is 3.49. The Labute approximate surface area is 118 Å². The van der Waals surface area contributed by atoms with Crippen LogP contribution in [0, 0.1) is 0 Å². The Balaban J connectivity index is 1.82. The summed E-state index contributed by atoms with van der Waals surface area (Å²) < 4.78 is 1.96. The van der Waals surface area contributed by atoms with E-state index in [0.717, 1.165) is 22.0 Å². The van der Waals surface area contributed by atoms with Crippen molar-refractivity contribution in [3.63, 3.8) is 0 Å². The number of nitrogens with zero attached hydrogens (tertiary/aromatic N) is 3. The molecule has 102 valence electrons. The standard InChI is InChI=1S/C14H20N4S/c1-9(2)18-14-11(6-16-18)5-12(7-15-14)17-13-4-10(3)19-8-13/h5-7,9-10,13,17H,4,8H2,1-3H3. The highest BCUT2D eigenvalue weighted by Gasteiger charge is 2.21. The Morgan fingerprint density at radius 2 is 2.26 bits per heavy atom. The summed E-state index contributed by atoms with van der Waals surface area (Å²) in [7, 11) is 0. The molecule has 4 nitrogen and oxygen atoms in total. The normalized spacial score (nSPS) is 23.4. The minimum Gasteiger partial charge on any atom is -0.380 e. The average Bonchev–Trinajstić information content (AvgIpc) is 2.95. The number of hydrogen-bond acceptors (Lipinski definition) is 4. The number of anilines is 1. The fourth-order valence-corrected chi connectivity index (χ4v) is 3.70. The van der Waals surface area contributed by atoms with Gasteiger partial charge in [0.25, 0.3) is 0 Å². The molecule has 3 rings (SSSR count). The van der Waals surface area contributed by atoms with Gasteiger partial charge in [0, 0.05) is 28.5 Å². The van der Waals surface area contributed by atoms with E-state index in [1.807, 2.05) is 28.8 Å². The highest BCUT2D eigenvalue weighted by Crippen LogP contribution is 2.29. The largest absolute Gasteiger partial charge is 0.380 e. The first kappa shape index (κ1) is 12.8. The predicted molar refractivity (Wildman–Crippen MR) is 81.9 cm³/mol. The summed E-state index contributed by atoms with van der Waals surface area (Å²) in [5.74, 6) is 1.18. The molecule has 1 N–H and O–H groups in total. The zero-order chi connectivity index (χ0) is 13.4. The van der Waals surface area contributed by atoms with Crippen LogP contribution < -0.4 is 5.32 Å². The summed E-state index contributed by atoms with van der Waals surface area (Å²) in [6.07, 6.45) is 5.06. The molecule has 2 aromatic rings. The van der Waals surface area contributed by atoms with E-state index in [1.54, 1.807) is 0 Å². The molecule has 0 aromatic carbocycles. The first-order valence-electron chi connectivity index (χ1n) is 6.85. The molecule has 1 saturated heterocycles. The van der Waals surface area contributed by atoms with Crippen LogP contribution in [-0.2, 0) is 0 Å². The first-order valence-corrected chi connectivity index (χ1v) is 7.90. The lowest BCUT2D eigenvalue weighted by Crippen LogP contribution is -2.18. The molecule has 1 aliphatic heterocycles. The van der Waals surface area contributed by atoms with E-state index in [9.17, 15) is 0 Å². The van der Waals surface area contributed by atoms with Gasteiger partial charge in [-0.15, -0.1) is 0 Å². The van der Waals surface area contributed by atoms with Gasteiger partial charge in [-0.2, -0.15) is 16.9 Å². The van der Waals surface area contributed by atoms with Crippen molar-refractivity contribution in [3.8, 4) is 0 Å². The van der Waals surface area contributed by atoms with Crippen LogP contribution in [0.25, 0.3) is 11.0 Å². The van der Waals surface area contributed by atoms with Crippen LogP contribution in [0.3, 0.4) is 0 Å². The Hall–Kier alpha value is -1.23. The second-order valence-corrected chi connectivity index (χ2v) is 7.01. The smallest absolute Gasteiger partial charge is 0.158 e. The Bertz CT molecular complexity index is 578. The lowest BCUT2D eigenvalue weighted by molar-refractivity contribution is 0.546. The topological polar surface area (TPSA) is 42.7 Å². The monoisotopic (exact) mass is 276 g/mol. The summed E-state index contributed by atoms with van der Waals surface area (Å²) in [4.78, 5) is 4.55. The van der Waals surface area contributed by atoms with E-state index >= 15 is 0 Å². The Morgan fingerprint density at radius 1 is 1.42 bits per heavy atom. The molecule has 5 heteroatoms. The van der Waals surface area contributed by atoms with E-state index in [-0.39, 0.29) is 0 Å². The van der Waals surface area contributed by atoms with Crippen LogP contribution in [-0.4, -0.2) is 31.8 Å². The van der Waals surface area contributed by atoms with Crippen LogP contribution in [0.5, 0.6) is 0 Å². The van der Waals surface area contributed by atoms with Crippen LogP contribution in [0.15, 0.2) is 18.5 Å². The molecule has 0 aliphatic carbocycles. The summed E-state index contributed by atoms with van der Waals surface area (Å²) in [5.41, 5.74) is 2.07. The van der Waals surface area contributed by atoms with Gasteiger partial charge in [-0.05, 0) is 26.3 Å². The van der Waals surface area contributed by atoms with Crippen LogP contribution in [0.2, 0.25) is 0 Å². The van der Waals surface area contributed by atoms with Gasteiger partial charge in [-0.25, -0.2) is 9.67 Å². The van der Waals surface area contributed by atoms with Gasteiger partial charge in [0.05, 0.1) is 18.1 Å². The molecular formula is C14H20N4S. The molecule has 1 fully saturated rings. The molecule has 19 heavy (non-hydrogen) atoms. The number of hydrogen-bond donors (Lipinski definition) is 1. The Morgan fingerprint density at radius 3 is 2.95 bits per heavy atom. The maximum Gasteiger partial charge on any atom is 0.158 e. The van der Waals surface area contributed by atoms with E-state index in [2.05, 4.69) is 42.2 Å².